The topological polar surface area (TPSA) is 64.7 Å². The van der Waals surface area contributed by atoms with E-state index in [0.29, 0.717) is 25.9 Å². The molecule has 1 saturated heterocycles. The van der Waals surface area contributed by atoms with Gasteiger partial charge in [0.1, 0.15) is 0 Å². The van der Waals surface area contributed by atoms with E-state index in [4.69, 9.17) is 0 Å². The lowest BCUT2D eigenvalue weighted by molar-refractivity contribution is -0.121. The third-order valence-corrected chi connectivity index (χ3v) is 6.52. The number of hydrogen-bond acceptors (Lipinski definition) is 3. The van der Waals surface area contributed by atoms with Crippen LogP contribution in [0.15, 0.2) is 78.9 Å². The van der Waals surface area contributed by atoms with Crippen molar-refractivity contribution in [2.75, 3.05) is 35.2 Å². The number of carbonyl (C=O) groups is 2. The first-order valence-corrected chi connectivity index (χ1v) is 11.6. The summed E-state index contributed by atoms with van der Waals surface area (Å²) in [5, 5.41) is 6.10. The van der Waals surface area contributed by atoms with E-state index in [1.807, 2.05) is 48.5 Å². The molecule has 6 heteroatoms. The molecule has 0 spiro atoms. The van der Waals surface area contributed by atoms with Crippen molar-refractivity contribution < 1.29 is 9.59 Å². The van der Waals surface area contributed by atoms with Gasteiger partial charge in [-0.15, -0.1) is 0 Å². The molecule has 0 aliphatic carbocycles. The van der Waals surface area contributed by atoms with Gasteiger partial charge in [0, 0.05) is 36.9 Å². The molecule has 3 aromatic carbocycles. The van der Waals surface area contributed by atoms with Crippen LogP contribution in [0, 0.1) is 5.92 Å². The van der Waals surface area contributed by atoms with Crippen LogP contribution >= 0.6 is 0 Å². The number of urea groups is 1. The van der Waals surface area contributed by atoms with Crippen LogP contribution < -0.4 is 15.5 Å². The van der Waals surface area contributed by atoms with Crippen LogP contribution in [0.3, 0.4) is 0 Å². The quantitative estimate of drug-likeness (QED) is 0.581. The Kier molecular flexibility index (Phi) is 5.98. The molecule has 0 saturated carbocycles. The molecule has 2 N–H and O–H groups in total. The van der Waals surface area contributed by atoms with Gasteiger partial charge >= 0.3 is 6.03 Å². The second-order valence-corrected chi connectivity index (χ2v) is 8.59. The SMILES string of the molecule is O=C(Nc1ccccc1N1CCc2ccccc21)C1CCN(C(=O)Nc2ccccc2)CC1. The van der Waals surface area contributed by atoms with Gasteiger partial charge in [0.2, 0.25) is 5.91 Å². The van der Waals surface area contributed by atoms with Gasteiger partial charge < -0.3 is 20.4 Å². The highest BCUT2D eigenvalue weighted by molar-refractivity contribution is 5.97. The fourth-order valence-corrected chi connectivity index (χ4v) is 4.71. The summed E-state index contributed by atoms with van der Waals surface area (Å²) in [5.74, 6) is -0.0808. The molecular weight excluding hydrogens is 412 g/mol. The smallest absolute Gasteiger partial charge is 0.321 e. The molecule has 6 nitrogen and oxygen atoms in total. The van der Waals surface area contributed by atoms with Crippen LogP contribution in [0.2, 0.25) is 0 Å². The number of para-hydroxylation sites is 4. The monoisotopic (exact) mass is 440 g/mol. The zero-order valence-electron chi connectivity index (χ0n) is 18.5. The van der Waals surface area contributed by atoms with Crippen LogP contribution in [-0.2, 0) is 11.2 Å². The Morgan fingerprint density at radius 2 is 1.39 bits per heavy atom. The van der Waals surface area contributed by atoms with Crippen molar-refractivity contribution in [3.8, 4) is 0 Å². The van der Waals surface area contributed by atoms with Gasteiger partial charge in [0.05, 0.1) is 11.4 Å². The predicted octanol–water partition coefficient (Wildman–Crippen LogP) is 5.26. The lowest BCUT2D eigenvalue weighted by Gasteiger charge is -2.31. The maximum atomic E-state index is 13.1. The zero-order valence-corrected chi connectivity index (χ0v) is 18.5. The van der Waals surface area contributed by atoms with Crippen LogP contribution in [0.1, 0.15) is 18.4 Å². The van der Waals surface area contributed by atoms with Gasteiger partial charge in [0.25, 0.3) is 0 Å². The Balaban J connectivity index is 1.21. The largest absolute Gasteiger partial charge is 0.339 e. The Morgan fingerprint density at radius 3 is 2.18 bits per heavy atom. The molecule has 0 radical (unpaired) electrons. The third-order valence-electron chi connectivity index (χ3n) is 6.52. The van der Waals surface area contributed by atoms with E-state index < -0.39 is 0 Å². The van der Waals surface area contributed by atoms with Crippen LogP contribution in [0.5, 0.6) is 0 Å². The molecule has 0 bridgehead atoms. The van der Waals surface area contributed by atoms with E-state index >= 15 is 0 Å². The van der Waals surface area contributed by atoms with Crippen LogP contribution in [0.4, 0.5) is 27.5 Å². The van der Waals surface area contributed by atoms with Crippen molar-refractivity contribution in [1.82, 2.24) is 4.90 Å². The average molecular weight is 441 g/mol. The molecule has 33 heavy (non-hydrogen) atoms. The molecule has 2 aliphatic rings. The first-order valence-electron chi connectivity index (χ1n) is 11.6. The molecule has 3 aromatic rings. The average Bonchev–Trinajstić information content (AvgIpc) is 3.29. The van der Waals surface area contributed by atoms with E-state index in [9.17, 15) is 9.59 Å². The Bertz CT molecular complexity index is 1140. The van der Waals surface area contributed by atoms with E-state index in [-0.39, 0.29) is 17.9 Å². The van der Waals surface area contributed by atoms with Crippen molar-refractivity contribution in [1.29, 1.82) is 0 Å². The third kappa shape index (κ3) is 4.55. The number of hydrogen-bond donors (Lipinski definition) is 2. The van der Waals surface area contributed by atoms with Gasteiger partial charge in [-0.25, -0.2) is 4.79 Å². The summed E-state index contributed by atoms with van der Waals surface area (Å²) in [6.45, 7) is 2.04. The highest BCUT2D eigenvalue weighted by atomic mass is 16.2. The van der Waals surface area contributed by atoms with Crippen molar-refractivity contribution in [3.05, 3.63) is 84.4 Å². The molecule has 0 unspecified atom stereocenters. The maximum absolute atomic E-state index is 13.1. The van der Waals surface area contributed by atoms with Crippen LogP contribution in [-0.4, -0.2) is 36.5 Å². The molecule has 2 heterocycles. The second-order valence-electron chi connectivity index (χ2n) is 8.59. The summed E-state index contributed by atoms with van der Waals surface area (Å²) < 4.78 is 0. The molecule has 1 fully saturated rings. The molecular formula is C27H28N4O2. The lowest BCUT2D eigenvalue weighted by atomic mass is 9.96. The van der Waals surface area contributed by atoms with Crippen molar-refractivity contribution in [2.45, 2.75) is 19.3 Å². The molecule has 2 aliphatic heterocycles. The molecule has 3 amide bonds. The van der Waals surface area contributed by atoms with Gasteiger partial charge in [-0.3, -0.25) is 4.79 Å². The number of fused-ring (bicyclic) bond motifs is 1. The molecule has 168 valence electrons. The van der Waals surface area contributed by atoms with E-state index in [0.717, 1.165) is 30.0 Å². The van der Waals surface area contributed by atoms with E-state index in [2.05, 4.69) is 45.9 Å². The lowest BCUT2D eigenvalue weighted by Crippen LogP contribution is -2.43. The summed E-state index contributed by atoms with van der Waals surface area (Å²) in [4.78, 5) is 29.7. The molecule has 0 atom stereocenters. The standard InChI is InChI=1S/C27H28N4O2/c32-26(21-14-17-30(18-15-21)27(33)28-22-9-2-1-3-10-22)29-23-11-5-7-13-25(23)31-19-16-20-8-4-6-12-24(20)31/h1-13,21H,14-19H2,(H,28,33)(H,29,32). The highest BCUT2D eigenvalue weighted by Gasteiger charge is 2.29. The number of carbonyl (C=O) groups excluding carboxylic acids is 2. The number of anilines is 4. The maximum Gasteiger partial charge on any atom is 0.321 e. The molecule has 0 aromatic heterocycles. The number of piperidine rings is 1. The fourth-order valence-electron chi connectivity index (χ4n) is 4.71. The van der Waals surface area contributed by atoms with Gasteiger partial charge in [-0.1, -0.05) is 48.5 Å². The zero-order chi connectivity index (χ0) is 22.6. The summed E-state index contributed by atoms with van der Waals surface area (Å²) in [5.41, 5.74) is 5.18. The minimum atomic E-state index is -0.113. The number of benzene rings is 3. The van der Waals surface area contributed by atoms with Crippen molar-refractivity contribution in [2.24, 2.45) is 5.92 Å². The highest BCUT2D eigenvalue weighted by Crippen LogP contribution is 2.38. The first-order chi connectivity index (χ1) is 16.2. The minimum absolute atomic E-state index is 0.0260. The van der Waals surface area contributed by atoms with Gasteiger partial charge in [-0.05, 0) is 55.2 Å². The Morgan fingerprint density at radius 1 is 0.727 bits per heavy atom. The summed E-state index contributed by atoms with van der Waals surface area (Å²) in [6.07, 6.45) is 2.31. The van der Waals surface area contributed by atoms with E-state index in [1.54, 1.807) is 4.90 Å². The van der Waals surface area contributed by atoms with Crippen molar-refractivity contribution in [3.63, 3.8) is 0 Å². The van der Waals surface area contributed by atoms with Crippen molar-refractivity contribution >= 4 is 34.7 Å². The number of nitrogens with one attached hydrogen (secondary N) is 2. The number of nitrogens with zero attached hydrogens (tertiary/aromatic N) is 2. The number of amides is 3. The summed E-state index contributed by atoms with van der Waals surface area (Å²) in [6, 6.07) is 25.8. The minimum Gasteiger partial charge on any atom is -0.339 e. The summed E-state index contributed by atoms with van der Waals surface area (Å²) >= 11 is 0. The number of rotatable bonds is 4. The molecule has 5 rings (SSSR count). The Labute approximate surface area is 194 Å². The van der Waals surface area contributed by atoms with Gasteiger partial charge in [-0.2, -0.15) is 0 Å². The summed E-state index contributed by atoms with van der Waals surface area (Å²) in [7, 11) is 0. The normalized spacial score (nSPS) is 15.8. The first kappa shape index (κ1) is 21.1. The van der Waals surface area contributed by atoms with Gasteiger partial charge in [0.15, 0.2) is 0 Å². The predicted molar refractivity (Wildman–Crippen MR) is 132 cm³/mol. The fraction of sp³-hybridized carbons (Fsp3) is 0.259. The second kappa shape index (κ2) is 9.36. The Hall–Kier alpha value is -3.80. The van der Waals surface area contributed by atoms with Crippen LogP contribution in [0.25, 0.3) is 0 Å². The van der Waals surface area contributed by atoms with E-state index in [1.165, 1.54) is 11.3 Å². The number of likely N-dealkylation sites (tertiary alicyclic amines) is 1.